The Bertz CT molecular complexity index is 547. The minimum atomic E-state index is -3.36. The summed E-state index contributed by atoms with van der Waals surface area (Å²) in [5.74, 6) is 0. The molecular weight excluding hydrogens is 286 g/mol. The summed E-state index contributed by atoms with van der Waals surface area (Å²) in [6.45, 7) is 9.85. The number of piperazine rings is 1. The van der Waals surface area contributed by atoms with E-state index in [1.54, 1.807) is 16.4 Å². The summed E-state index contributed by atoms with van der Waals surface area (Å²) >= 11 is 0. The maximum Gasteiger partial charge on any atom is 0.243 e. The monoisotopic (exact) mass is 311 g/mol. The summed E-state index contributed by atoms with van der Waals surface area (Å²) in [6.07, 6.45) is 0. The molecule has 0 bridgehead atoms. The molecule has 0 amide bonds. The first-order chi connectivity index (χ1) is 9.95. The van der Waals surface area contributed by atoms with E-state index in [1.165, 1.54) is 0 Å². The van der Waals surface area contributed by atoms with Crippen LogP contribution in [0.4, 0.5) is 5.69 Å². The Hall–Kier alpha value is -1.11. The zero-order valence-electron chi connectivity index (χ0n) is 13.0. The van der Waals surface area contributed by atoms with Crippen LogP contribution in [0.2, 0.25) is 0 Å². The molecule has 5 nitrogen and oxygen atoms in total. The van der Waals surface area contributed by atoms with Crippen molar-refractivity contribution in [1.82, 2.24) is 9.21 Å². The SMILES string of the molecule is CCNc1ccc(S(=O)(=O)N2CCN(C(C)C)CC2)cc1. The highest BCUT2D eigenvalue weighted by atomic mass is 32.2. The highest BCUT2D eigenvalue weighted by molar-refractivity contribution is 7.89. The molecule has 1 aliphatic heterocycles. The average Bonchev–Trinajstić information content (AvgIpc) is 2.48. The van der Waals surface area contributed by atoms with Gasteiger partial charge in [0.1, 0.15) is 0 Å². The van der Waals surface area contributed by atoms with E-state index < -0.39 is 10.0 Å². The quantitative estimate of drug-likeness (QED) is 0.901. The van der Waals surface area contributed by atoms with Gasteiger partial charge in [0.25, 0.3) is 0 Å². The van der Waals surface area contributed by atoms with Gasteiger partial charge in [-0.3, -0.25) is 4.90 Å². The van der Waals surface area contributed by atoms with Crippen LogP contribution in [0.15, 0.2) is 29.2 Å². The van der Waals surface area contributed by atoms with Crippen molar-refractivity contribution in [1.29, 1.82) is 0 Å². The summed E-state index contributed by atoms with van der Waals surface area (Å²) in [5, 5.41) is 3.17. The van der Waals surface area contributed by atoms with E-state index in [2.05, 4.69) is 24.1 Å². The van der Waals surface area contributed by atoms with E-state index in [0.717, 1.165) is 25.3 Å². The first-order valence-electron chi connectivity index (χ1n) is 7.53. The van der Waals surface area contributed by atoms with Crippen LogP contribution in [0, 0.1) is 0 Å². The van der Waals surface area contributed by atoms with Crippen LogP contribution >= 0.6 is 0 Å². The van der Waals surface area contributed by atoms with E-state index in [1.807, 2.05) is 19.1 Å². The zero-order chi connectivity index (χ0) is 15.5. The fraction of sp³-hybridized carbons (Fsp3) is 0.600. The Labute approximate surface area is 128 Å². The minimum absolute atomic E-state index is 0.377. The van der Waals surface area contributed by atoms with E-state index in [0.29, 0.717) is 24.0 Å². The number of hydrogen-bond acceptors (Lipinski definition) is 4. The van der Waals surface area contributed by atoms with E-state index in [-0.39, 0.29) is 0 Å². The number of benzene rings is 1. The minimum Gasteiger partial charge on any atom is -0.385 e. The largest absolute Gasteiger partial charge is 0.385 e. The second-order valence-corrected chi connectivity index (χ2v) is 7.53. The van der Waals surface area contributed by atoms with Crippen molar-refractivity contribution in [2.45, 2.75) is 31.7 Å². The van der Waals surface area contributed by atoms with E-state index >= 15 is 0 Å². The summed E-state index contributed by atoms with van der Waals surface area (Å²) < 4.78 is 26.8. The first kappa shape index (κ1) is 16.3. The van der Waals surface area contributed by atoms with Gasteiger partial charge in [-0.25, -0.2) is 8.42 Å². The molecule has 0 aliphatic carbocycles. The van der Waals surface area contributed by atoms with E-state index in [4.69, 9.17) is 0 Å². The first-order valence-corrected chi connectivity index (χ1v) is 8.97. The third-order valence-corrected chi connectivity index (χ3v) is 5.79. The maximum atomic E-state index is 12.6. The third kappa shape index (κ3) is 3.75. The molecule has 1 aliphatic rings. The van der Waals surface area contributed by atoms with Gasteiger partial charge in [-0.15, -0.1) is 0 Å². The lowest BCUT2D eigenvalue weighted by atomic mass is 10.3. The van der Waals surface area contributed by atoms with Gasteiger partial charge in [-0.2, -0.15) is 4.31 Å². The highest BCUT2D eigenvalue weighted by Crippen LogP contribution is 2.20. The molecule has 2 rings (SSSR count). The summed E-state index contributed by atoms with van der Waals surface area (Å²) in [6, 6.07) is 7.47. The Balaban J connectivity index is 2.08. The number of rotatable bonds is 5. The molecule has 6 heteroatoms. The van der Waals surface area contributed by atoms with Gasteiger partial charge >= 0.3 is 0 Å². The summed E-state index contributed by atoms with van der Waals surface area (Å²) in [7, 11) is -3.36. The Morgan fingerprint density at radius 3 is 2.14 bits per heavy atom. The lowest BCUT2D eigenvalue weighted by Crippen LogP contribution is -2.50. The second kappa shape index (κ2) is 6.77. The summed E-state index contributed by atoms with van der Waals surface area (Å²) in [4.78, 5) is 2.68. The average molecular weight is 311 g/mol. The fourth-order valence-electron chi connectivity index (χ4n) is 2.56. The van der Waals surface area contributed by atoms with Crippen LogP contribution in [0.3, 0.4) is 0 Å². The normalized spacial score (nSPS) is 18.1. The molecule has 0 aromatic heterocycles. The van der Waals surface area contributed by atoms with Gasteiger partial charge < -0.3 is 5.32 Å². The molecule has 118 valence electrons. The number of nitrogens with zero attached hydrogens (tertiary/aromatic N) is 2. The molecule has 0 unspecified atom stereocenters. The predicted molar refractivity (Wildman–Crippen MR) is 86.1 cm³/mol. The van der Waals surface area contributed by atoms with Crippen LogP contribution < -0.4 is 5.32 Å². The van der Waals surface area contributed by atoms with Crippen molar-refractivity contribution < 1.29 is 8.42 Å². The molecule has 0 radical (unpaired) electrons. The van der Waals surface area contributed by atoms with Crippen LogP contribution in [0.1, 0.15) is 20.8 Å². The molecule has 0 spiro atoms. The molecule has 0 atom stereocenters. The number of sulfonamides is 1. The molecule has 1 fully saturated rings. The molecular formula is C15H25N3O2S. The van der Waals surface area contributed by atoms with Gasteiger partial charge in [-0.1, -0.05) is 0 Å². The topological polar surface area (TPSA) is 52.7 Å². The van der Waals surface area contributed by atoms with Crippen molar-refractivity contribution in [2.24, 2.45) is 0 Å². The van der Waals surface area contributed by atoms with Crippen LogP contribution in [-0.2, 0) is 10.0 Å². The second-order valence-electron chi connectivity index (χ2n) is 5.59. The molecule has 1 aromatic carbocycles. The number of anilines is 1. The van der Waals surface area contributed by atoms with E-state index in [9.17, 15) is 8.42 Å². The molecule has 1 heterocycles. The van der Waals surface area contributed by atoms with Gasteiger partial charge in [-0.05, 0) is 45.0 Å². The number of nitrogens with one attached hydrogen (secondary N) is 1. The fourth-order valence-corrected chi connectivity index (χ4v) is 3.98. The van der Waals surface area contributed by atoms with Crippen molar-refractivity contribution >= 4 is 15.7 Å². The lowest BCUT2D eigenvalue weighted by molar-refractivity contribution is 0.154. The Morgan fingerprint density at radius 2 is 1.67 bits per heavy atom. The molecule has 21 heavy (non-hydrogen) atoms. The van der Waals surface area contributed by atoms with Gasteiger partial charge in [0, 0.05) is 44.5 Å². The van der Waals surface area contributed by atoms with Gasteiger partial charge in [0.05, 0.1) is 4.90 Å². The predicted octanol–water partition coefficient (Wildman–Crippen LogP) is 1.83. The third-order valence-electron chi connectivity index (χ3n) is 3.88. The molecule has 1 N–H and O–H groups in total. The molecule has 0 saturated carbocycles. The summed E-state index contributed by atoms with van der Waals surface area (Å²) in [5.41, 5.74) is 0.945. The van der Waals surface area contributed by atoms with Gasteiger partial charge in [0.15, 0.2) is 0 Å². The Morgan fingerprint density at radius 1 is 1.10 bits per heavy atom. The lowest BCUT2D eigenvalue weighted by Gasteiger charge is -2.36. The van der Waals surface area contributed by atoms with Crippen LogP contribution in [0.25, 0.3) is 0 Å². The van der Waals surface area contributed by atoms with Crippen molar-refractivity contribution in [3.05, 3.63) is 24.3 Å². The standard InChI is InChI=1S/C15H25N3O2S/c1-4-16-14-5-7-15(8-6-14)21(19,20)18-11-9-17(10-12-18)13(2)3/h5-8,13,16H,4,9-12H2,1-3H3. The van der Waals surface area contributed by atoms with Crippen molar-refractivity contribution in [3.63, 3.8) is 0 Å². The van der Waals surface area contributed by atoms with Crippen molar-refractivity contribution in [2.75, 3.05) is 38.0 Å². The van der Waals surface area contributed by atoms with Crippen LogP contribution in [-0.4, -0.2) is 56.4 Å². The van der Waals surface area contributed by atoms with Crippen molar-refractivity contribution in [3.8, 4) is 0 Å². The smallest absolute Gasteiger partial charge is 0.243 e. The Kier molecular flexibility index (Phi) is 5.24. The highest BCUT2D eigenvalue weighted by Gasteiger charge is 2.28. The molecule has 1 saturated heterocycles. The van der Waals surface area contributed by atoms with Gasteiger partial charge in [0.2, 0.25) is 10.0 Å². The maximum absolute atomic E-state index is 12.6. The van der Waals surface area contributed by atoms with Crippen LogP contribution in [0.5, 0.6) is 0 Å². The number of hydrogen-bond donors (Lipinski definition) is 1. The molecule has 1 aromatic rings. The zero-order valence-corrected chi connectivity index (χ0v) is 13.9.